The van der Waals surface area contributed by atoms with Crippen LogP contribution < -0.4 is 5.32 Å². The van der Waals surface area contributed by atoms with Crippen LogP contribution in [0.1, 0.15) is 18.5 Å². The van der Waals surface area contributed by atoms with Gasteiger partial charge in [-0.05, 0) is 25.0 Å². The molecule has 0 radical (unpaired) electrons. The molecule has 2 aliphatic rings. The number of nitrogens with one attached hydrogen (secondary N) is 1. The number of hydrogen-bond donors (Lipinski definition) is 1. The first-order valence-electron chi connectivity index (χ1n) is 10.5. The number of nitrogens with zero attached hydrogens (tertiary/aromatic N) is 4. The summed E-state index contributed by atoms with van der Waals surface area (Å²) >= 11 is 0. The predicted octanol–water partition coefficient (Wildman–Crippen LogP) is 2.40. The Morgan fingerprint density at radius 3 is 2.45 bits per heavy atom. The second-order valence-electron chi connectivity index (χ2n) is 8.10. The van der Waals surface area contributed by atoms with Gasteiger partial charge in [0.05, 0.1) is 17.9 Å². The van der Waals surface area contributed by atoms with Crippen LogP contribution in [0.5, 0.6) is 0 Å². The summed E-state index contributed by atoms with van der Waals surface area (Å²) in [4.78, 5) is 21.7. The molecule has 0 unspecified atom stereocenters. The highest BCUT2D eigenvalue weighted by molar-refractivity contribution is 5.78. The number of fused-ring (bicyclic) bond motifs is 1. The van der Waals surface area contributed by atoms with Gasteiger partial charge in [-0.15, -0.1) is 0 Å². The summed E-state index contributed by atoms with van der Waals surface area (Å²) < 4.78 is 2.21. The lowest BCUT2D eigenvalue weighted by molar-refractivity contribution is -0.122. The second-order valence-corrected chi connectivity index (χ2v) is 8.10. The van der Waals surface area contributed by atoms with E-state index < -0.39 is 0 Å². The largest absolute Gasteiger partial charge is 0.352 e. The molecule has 1 amide bonds. The summed E-state index contributed by atoms with van der Waals surface area (Å²) in [5.41, 5.74) is 4.42. The van der Waals surface area contributed by atoms with Crippen molar-refractivity contribution in [2.45, 2.75) is 25.4 Å². The Hall–Kier alpha value is -2.70. The molecule has 29 heavy (non-hydrogen) atoms. The highest BCUT2D eigenvalue weighted by Gasteiger charge is 2.26. The third-order valence-electron chi connectivity index (χ3n) is 5.82. The molecule has 1 aliphatic heterocycles. The van der Waals surface area contributed by atoms with Crippen molar-refractivity contribution in [3.05, 3.63) is 60.4 Å². The Bertz CT molecular complexity index is 987. The normalized spacial score (nSPS) is 18.2. The van der Waals surface area contributed by atoms with Gasteiger partial charge >= 0.3 is 0 Å². The lowest BCUT2D eigenvalue weighted by Crippen LogP contribution is -2.49. The first-order chi connectivity index (χ1) is 14.3. The van der Waals surface area contributed by atoms with Crippen LogP contribution in [0.4, 0.5) is 0 Å². The first kappa shape index (κ1) is 18.3. The van der Waals surface area contributed by atoms with E-state index in [1.54, 1.807) is 0 Å². The van der Waals surface area contributed by atoms with Crippen molar-refractivity contribution < 1.29 is 4.79 Å². The van der Waals surface area contributed by atoms with Crippen molar-refractivity contribution in [1.82, 2.24) is 24.5 Å². The Labute approximate surface area is 171 Å². The second kappa shape index (κ2) is 7.97. The van der Waals surface area contributed by atoms with Crippen LogP contribution in [-0.4, -0.2) is 63.9 Å². The fraction of sp³-hybridized carbons (Fsp3) is 0.391. The molecule has 0 atom stereocenters. The summed E-state index contributed by atoms with van der Waals surface area (Å²) in [6.45, 7) is 5.16. The van der Waals surface area contributed by atoms with E-state index in [0.717, 1.165) is 62.5 Å². The van der Waals surface area contributed by atoms with E-state index in [4.69, 9.17) is 4.98 Å². The molecule has 1 aliphatic carbocycles. The zero-order valence-electron chi connectivity index (χ0n) is 16.6. The summed E-state index contributed by atoms with van der Waals surface area (Å²) in [7, 11) is 0. The van der Waals surface area contributed by atoms with Gasteiger partial charge in [-0.1, -0.05) is 36.4 Å². The van der Waals surface area contributed by atoms with Gasteiger partial charge in [-0.2, -0.15) is 0 Å². The molecule has 2 aromatic heterocycles. The van der Waals surface area contributed by atoms with Gasteiger partial charge in [0, 0.05) is 50.5 Å². The summed E-state index contributed by atoms with van der Waals surface area (Å²) in [5.74, 6) is 0.175. The molecule has 2 fully saturated rings. The summed E-state index contributed by atoms with van der Waals surface area (Å²) in [6, 6.07) is 17.0. The highest BCUT2D eigenvalue weighted by atomic mass is 16.2. The van der Waals surface area contributed by atoms with E-state index in [9.17, 15) is 4.79 Å². The van der Waals surface area contributed by atoms with Crippen LogP contribution in [0.25, 0.3) is 16.9 Å². The van der Waals surface area contributed by atoms with Crippen LogP contribution >= 0.6 is 0 Å². The number of rotatable bonds is 6. The zero-order chi connectivity index (χ0) is 19.6. The molecule has 150 valence electrons. The van der Waals surface area contributed by atoms with E-state index in [1.165, 1.54) is 5.69 Å². The maximum absolute atomic E-state index is 12.1. The predicted molar refractivity (Wildman–Crippen MR) is 114 cm³/mol. The fourth-order valence-electron chi connectivity index (χ4n) is 4.05. The van der Waals surface area contributed by atoms with Crippen molar-refractivity contribution in [3.63, 3.8) is 0 Å². The Morgan fingerprint density at radius 1 is 0.966 bits per heavy atom. The monoisotopic (exact) mass is 389 g/mol. The van der Waals surface area contributed by atoms with Crippen LogP contribution in [-0.2, 0) is 11.3 Å². The molecule has 3 aromatic rings. The molecule has 3 heterocycles. The number of amides is 1. The maximum atomic E-state index is 12.1. The molecular weight excluding hydrogens is 362 g/mol. The lowest BCUT2D eigenvalue weighted by atomic mass is 10.1. The Balaban J connectivity index is 1.29. The van der Waals surface area contributed by atoms with E-state index in [1.807, 2.05) is 12.1 Å². The van der Waals surface area contributed by atoms with E-state index in [-0.39, 0.29) is 5.91 Å². The molecule has 1 saturated carbocycles. The number of pyridine rings is 1. The zero-order valence-corrected chi connectivity index (χ0v) is 16.6. The molecular formula is C23H27N5O. The summed E-state index contributed by atoms with van der Waals surface area (Å²) in [6.07, 6.45) is 4.38. The first-order valence-corrected chi connectivity index (χ1v) is 10.5. The Morgan fingerprint density at radius 2 is 1.69 bits per heavy atom. The third-order valence-corrected chi connectivity index (χ3v) is 5.82. The average Bonchev–Trinajstić information content (AvgIpc) is 3.49. The van der Waals surface area contributed by atoms with Crippen molar-refractivity contribution in [2.75, 3.05) is 32.7 Å². The molecule has 0 spiro atoms. The average molecular weight is 390 g/mol. The van der Waals surface area contributed by atoms with Crippen molar-refractivity contribution in [2.24, 2.45) is 0 Å². The number of hydrogen-bond acceptors (Lipinski definition) is 4. The SMILES string of the molecule is O=C(CN1CCN(Cc2c(-c3ccccc3)nc3ccccn23)CC1)NC1CC1. The molecule has 6 nitrogen and oxygen atoms in total. The molecule has 0 bridgehead atoms. The highest BCUT2D eigenvalue weighted by Crippen LogP contribution is 2.26. The molecule has 1 N–H and O–H groups in total. The van der Waals surface area contributed by atoms with Crippen LogP contribution in [0.2, 0.25) is 0 Å². The number of imidazole rings is 1. The minimum Gasteiger partial charge on any atom is -0.352 e. The van der Waals surface area contributed by atoms with Crippen molar-refractivity contribution in [3.8, 4) is 11.3 Å². The van der Waals surface area contributed by atoms with Gasteiger partial charge in [0.2, 0.25) is 5.91 Å². The number of aromatic nitrogens is 2. The van der Waals surface area contributed by atoms with Crippen LogP contribution in [0.3, 0.4) is 0 Å². The van der Waals surface area contributed by atoms with Gasteiger partial charge in [-0.25, -0.2) is 4.98 Å². The number of carbonyl (C=O) groups is 1. The lowest BCUT2D eigenvalue weighted by Gasteiger charge is -2.34. The minimum absolute atomic E-state index is 0.175. The fourth-order valence-corrected chi connectivity index (χ4v) is 4.05. The third kappa shape index (κ3) is 4.18. The number of piperazine rings is 1. The van der Waals surface area contributed by atoms with Crippen molar-refractivity contribution in [1.29, 1.82) is 0 Å². The quantitative estimate of drug-likeness (QED) is 0.703. The Kier molecular flexibility index (Phi) is 5.04. The number of carbonyl (C=O) groups excluding carboxylic acids is 1. The van der Waals surface area contributed by atoms with Gasteiger partial charge in [-0.3, -0.25) is 14.6 Å². The number of benzene rings is 1. The van der Waals surface area contributed by atoms with Crippen molar-refractivity contribution >= 4 is 11.6 Å². The van der Waals surface area contributed by atoms with Gasteiger partial charge in [0.15, 0.2) is 0 Å². The smallest absolute Gasteiger partial charge is 0.234 e. The molecule has 6 heteroatoms. The maximum Gasteiger partial charge on any atom is 0.234 e. The van der Waals surface area contributed by atoms with Gasteiger partial charge < -0.3 is 9.72 Å². The van der Waals surface area contributed by atoms with Gasteiger partial charge in [0.1, 0.15) is 5.65 Å². The van der Waals surface area contributed by atoms with E-state index >= 15 is 0 Å². The topological polar surface area (TPSA) is 52.9 Å². The van der Waals surface area contributed by atoms with Crippen LogP contribution in [0, 0.1) is 0 Å². The van der Waals surface area contributed by atoms with E-state index in [0.29, 0.717) is 12.6 Å². The standard InChI is InChI=1S/C23H27N5O/c29-22(24-19-9-10-19)17-27-14-12-26(13-15-27)16-20-23(18-6-2-1-3-7-18)25-21-8-4-5-11-28(20)21/h1-8,11,19H,9-10,12-17H2,(H,24,29). The summed E-state index contributed by atoms with van der Waals surface area (Å²) in [5, 5.41) is 3.09. The van der Waals surface area contributed by atoms with Crippen LogP contribution in [0.15, 0.2) is 54.7 Å². The molecule has 5 rings (SSSR count). The molecule has 1 aromatic carbocycles. The van der Waals surface area contributed by atoms with Gasteiger partial charge in [0.25, 0.3) is 0 Å². The minimum atomic E-state index is 0.175. The molecule has 1 saturated heterocycles. The van der Waals surface area contributed by atoms with E-state index in [2.05, 4.69) is 62.1 Å².